The van der Waals surface area contributed by atoms with E-state index in [1.807, 2.05) is 36.4 Å². The quantitative estimate of drug-likeness (QED) is 0.579. The van der Waals surface area contributed by atoms with Crippen LogP contribution < -0.4 is 10.2 Å². The summed E-state index contributed by atoms with van der Waals surface area (Å²) < 4.78 is 0. The Balaban J connectivity index is 1.43. The molecule has 2 aromatic carbocycles. The summed E-state index contributed by atoms with van der Waals surface area (Å²) in [5, 5.41) is 3.72. The lowest BCUT2D eigenvalue weighted by Crippen LogP contribution is -2.29. The number of rotatable bonds is 6. The van der Waals surface area contributed by atoms with Gasteiger partial charge in [-0.05, 0) is 67.8 Å². The number of hydrogen-bond donors (Lipinski definition) is 1. The lowest BCUT2D eigenvalue weighted by molar-refractivity contribution is 0.0956. The minimum atomic E-state index is -0.0121. The summed E-state index contributed by atoms with van der Waals surface area (Å²) in [6, 6.07) is 15.7. The van der Waals surface area contributed by atoms with Gasteiger partial charge < -0.3 is 10.2 Å². The molecule has 2 aromatic rings. The van der Waals surface area contributed by atoms with E-state index in [0.29, 0.717) is 6.54 Å². The molecule has 1 aliphatic heterocycles. The third-order valence-electron chi connectivity index (χ3n) is 4.32. The number of carbonyl (C=O) groups is 1. The predicted molar refractivity (Wildman–Crippen MR) is 107 cm³/mol. The van der Waals surface area contributed by atoms with Crippen LogP contribution in [0.15, 0.2) is 53.4 Å². The van der Waals surface area contributed by atoms with E-state index in [2.05, 4.69) is 22.3 Å². The molecule has 5 heteroatoms. The van der Waals surface area contributed by atoms with Gasteiger partial charge in [0.25, 0.3) is 5.91 Å². The second-order valence-electron chi connectivity index (χ2n) is 6.15. The highest BCUT2D eigenvalue weighted by atomic mass is 35.5. The molecule has 1 fully saturated rings. The molecule has 0 spiro atoms. The molecule has 0 bridgehead atoms. The van der Waals surface area contributed by atoms with Crippen LogP contribution in [0.4, 0.5) is 5.69 Å². The van der Waals surface area contributed by atoms with Crippen molar-refractivity contribution in [2.45, 2.75) is 24.2 Å². The van der Waals surface area contributed by atoms with Gasteiger partial charge in [0.1, 0.15) is 0 Å². The molecule has 0 aliphatic carbocycles. The van der Waals surface area contributed by atoms with Crippen LogP contribution in [0.3, 0.4) is 0 Å². The molecule has 0 unspecified atom stereocenters. The summed E-state index contributed by atoms with van der Waals surface area (Å²) >= 11 is 7.58. The molecular formula is C20H23ClN2OS. The minimum Gasteiger partial charge on any atom is -0.372 e. The number of nitrogens with zero attached hydrogens (tertiary/aromatic N) is 1. The lowest BCUT2D eigenvalue weighted by Gasteiger charge is -2.28. The maximum absolute atomic E-state index is 12.2. The third kappa shape index (κ3) is 5.41. The molecule has 25 heavy (non-hydrogen) atoms. The summed E-state index contributed by atoms with van der Waals surface area (Å²) in [7, 11) is 0. The molecule has 1 heterocycles. The van der Waals surface area contributed by atoms with Crippen LogP contribution in [0, 0.1) is 0 Å². The van der Waals surface area contributed by atoms with Crippen molar-refractivity contribution in [3.8, 4) is 0 Å². The van der Waals surface area contributed by atoms with E-state index in [4.69, 9.17) is 11.6 Å². The molecule has 0 saturated carbocycles. The Hall–Kier alpha value is -1.65. The van der Waals surface area contributed by atoms with E-state index in [1.165, 1.54) is 24.9 Å². The molecule has 3 nitrogen and oxygen atoms in total. The Morgan fingerprint density at radius 3 is 2.36 bits per heavy atom. The van der Waals surface area contributed by atoms with Gasteiger partial charge in [0.2, 0.25) is 0 Å². The van der Waals surface area contributed by atoms with Crippen LogP contribution in [-0.2, 0) is 0 Å². The van der Waals surface area contributed by atoms with Crippen LogP contribution in [0.1, 0.15) is 29.6 Å². The normalized spacial score (nSPS) is 14.4. The monoisotopic (exact) mass is 374 g/mol. The number of amides is 1. The van der Waals surface area contributed by atoms with Crippen LogP contribution >= 0.6 is 23.4 Å². The SMILES string of the molecule is O=C(NCCSc1ccc(Cl)cc1)c1ccc(N2CCCCC2)cc1. The minimum absolute atomic E-state index is 0.0121. The Bertz CT molecular complexity index is 682. The molecule has 132 valence electrons. The molecule has 0 aromatic heterocycles. The van der Waals surface area contributed by atoms with Crippen molar-refractivity contribution in [3.63, 3.8) is 0 Å². The standard InChI is InChI=1S/C20H23ClN2OS/c21-17-6-10-19(11-7-17)25-15-12-22-20(24)16-4-8-18(9-5-16)23-13-2-1-3-14-23/h4-11H,1-3,12-15H2,(H,22,24). The number of hydrogen-bond acceptors (Lipinski definition) is 3. The Morgan fingerprint density at radius 2 is 1.68 bits per heavy atom. The van der Waals surface area contributed by atoms with Crippen molar-refractivity contribution in [2.24, 2.45) is 0 Å². The molecule has 0 radical (unpaired) electrons. The maximum atomic E-state index is 12.2. The van der Waals surface area contributed by atoms with Crippen molar-refractivity contribution in [1.82, 2.24) is 5.32 Å². The first-order valence-electron chi connectivity index (χ1n) is 8.74. The lowest BCUT2D eigenvalue weighted by atomic mass is 10.1. The maximum Gasteiger partial charge on any atom is 0.251 e. The zero-order chi connectivity index (χ0) is 17.5. The van der Waals surface area contributed by atoms with Gasteiger partial charge in [-0.1, -0.05) is 11.6 Å². The van der Waals surface area contributed by atoms with Crippen molar-refractivity contribution >= 4 is 35.0 Å². The second kappa shape index (κ2) is 9.16. The van der Waals surface area contributed by atoms with Gasteiger partial charge in [-0.2, -0.15) is 0 Å². The topological polar surface area (TPSA) is 32.3 Å². The van der Waals surface area contributed by atoms with Gasteiger partial charge in [0, 0.05) is 46.6 Å². The molecule has 3 rings (SSSR count). The number of thioether (sulfide) groups is 1. The number of piperidine rings is 1. The highest BCUT2D eigenvalue weighted by Gasteiger charge is 2.11. The molecule has 1 N–H and O–H groups in total. The Labute approximate surface area is 158 Å². The van der Waals surface area contributed by atoms with Gasteiger partial charge in [-0.15, -0.1) is 11.8 Å². The van der Waals surface area contributed by atoms with Gasteiger partial charge >= 0.3 is 0 Å². The van der Waals surface area contributed by atoms with Crippen LogP contribution in [-0.4, -0.2) is 31.3 Å². The first-order valence-corrected chi connectivity index (χ1v) is 10.1. The number of benzene rings is 2. The largest absolute Gasteiger partial charge is 0.372 e. The van der Waals surface area contributed by atoms with Gasteiger partial charge in [-0.25, -0.2) is 0 Å². The van der Waals surface area contributed by atoms with Crippen LogP contribution in [0.5, 0.6) is 0 Å². The van der Waals surface area contributed by atoms with E-state index in [1.54, 1.807) is 11.8 Å². The third-order valence-corrected chi connectivity index (χ3v) is 5.59. The smallest absolute Gasteiger partial charge is 0.251 e. The average Bonchev–Trinajstić information content (AvgIpc) is 2.67. The Kier molecular flexibility index (Phi) is 6.65. The van der Waals surface area contributed by atoms with Crippen molar-refractivity contribution < 1.29 is 4.79 Å². The number of carbonyl (C=O) groups excluding carboxylic acids is 1. The van der Waals surface area contributed by atoms with E-state index >= 15 is 0 Å². The highest BCUT2D eigenvalue weighted by molar-refractivity contribution is 7.99. The van der Waals surface area contributed by atoms with Crippen molar-refractivity contribution in [1.29, 1.82) is 0 Å². The van der Waals surface area contributed by atoms with Crippen molar-refractivity contribution in [2.75, 3.05) is 30.3 Å². The fraction of sp³-hybridized carbons (Fsp3) is 0.350. The summed E-state index contributed by atoms with van der Waals surface area (Å²) in [4.78, 5) is 15.8. The first-order chi connectivity index (χ1) is 12.2. The summed E-state index contributed by atoms with van der Waals surface area (Å²) in [6.07, 6.45) is 3.84. The molecule has 1 saturated heterocycles. The molecular weight excluding hydrogens is 352 g/mol. The fourth-order valence-corrected chi connectivity index (χ4v) is 3.84. The van der Waals surface area contributed by atoms with Crippen LogP contribution in [0.25, 0.3) is 0 Å². The molecule has 1 amide bonds. The predicted octanol–water partition coefficient (Wildman–Crippen LogP) is 4.85. The summed E-state index contributed by atoms with van der Waals surface area (Å²) in [5.41, 5.74) is 1.94. The van der Waals surface area contributed by atoms with E-state index < -0.39 is 0 Å². The van der Waals surface area contributed by atoms with E-state index in [9.17, 15) is 4.79 Å². The molecule has 1 aliphatic rings. The zero-order valence-electron chi connectivity index (χ0n) is 14.2. The number of anilines is 1. The summed E-state index contributed by atoms with van der Waals surface area (Å²) in [6.45, 7) is 2.88. The van der Waals surface area contributed by atoms with E-state index in [-0.39, 0.29) is 5.91 Å². The fourth-order valence-electron chi connectivity index (χ4n) is 2.94. The first kappa shape index (κ1) is 18.2. The highest BCUT2D eigenvalue weighted by Crippen LogP contribution is 2.21. The van der Waals surface area contributed by atoms with Gasteiger partial charge in [0.05, 0.1) is 0 Å². The molecule has 0 atom stereocenters. The average molecular weight is 375 g/mol. The number of nitrogens with one attached hydrogen (secondary N) is 1. The van der Waals surface area contributed by atoms with Crippen molar-refractivity contribution in [3.05, 3.63) is 59.1 Å². The van der Waals surface area contributed by atoms with E-state index in [0.717, 1.165) is 34.3 Å². The van der Waals surface area contributed by atoms with Gasteiger partial charge in [0.15, 0.2) is 0 Å². The summed E-state index contributed by atoms with van der Waals surface area (Å²) in [5.74, 6) is 0.820. The van der Waals surface area contributed by atoms with Crippen LogP contribution in [0.2, 0.25) is 5.02 Å². The second-order valence-corrected chi connectivity index (χ2v) is 7.76. The Morgan fingerprint density at radius 1 is 1.00 bits per heavy atom. The number of halogens is 1. The zero-order valence-corrected chi connectivity index (χ0v) is 15.8. The van der Waals surface area contributed by atoms with Gasteiger partial charge in [-0.3, -0.25) is 4.79 Å².